The van der Waals surface area contributed by atoms with Crippen LogP contribution in [-0.4, -0.2) is 36.6 Å². The molecule has 17 heavy (non-hydrogen) atoms. The molecule has 0 radical (unpaired) electrons. The largest absolute Gasteiger partial charge is 0.369 e. The Balaban J connectivity index is 3.93. The highest BCUT2D eigenvalue weighted by atomic mass is 16.5. The highest BCUT2D eigenvalue weighted by Crippen LogP contribution is 2.06. The Morgan fingerprint density at radius 2 is 1.65 bits per heavy atom. The van der Waals surface area contributed by atoms with Gasteiger partial charge in [0.2, 0.25) is 5.91 Å². The lowest BCUT2D eigenvalue weighted by atomic mass is 10.1. The zero-order valence-corrected chi connectivity index (χ0v) is 11.6. The summed E-state index contributed by atoms with van der Waals surface area (Å²) in [6.45, 7) is 9.41. The maximum Gasteiger partial charge on any atom is 0.251 e. The molecule has 2 amide bonds. The zero-order valence-electron chi connectivity index (χ0n) is 11.6. The van der Waals surface area contributed by atoms with Crippen LogP contribution in [-0.2, 0) is 14.3 Å². The van der Waals surface area contributed by atoms with Gasteiger partial charge in [0.15, 0.2) is 0 Å². The van der Waals surface area contributed by atoms with Gasteiger partial charge in [0.25, 0.3) is 5.91 Å². The number of hydrogen-bond acceptors (Lipinski definition) is 3. The highest BCUT2D eigenvalue weighted by molar-refractivity contribution is 5.85. The second-order valence-electron chi connectivity index (χ2n) is 5.52. The van der Waals surface area contributed by atoms with E-state index in [1.54, 1.807) is 13.8 Å². The molecule has 0 aliphatic heterocycles. The smallest absolute Gasteiger partial charge is 0.251 e. The second kappa shape index (κ2) is 6.00. The molecule has 100 valence electrons. The van der Waals surface area contributed by atoms with Gasteiger partial charge in [0, 0.05) is 25.6 Å². The van der Waals surface area contributed by atoms with E-state index in [4.69, 9.17) is 4.74 Å². The monoisotopic (exact) mass is 244 g/mol. The lowest BCUT2D eigenvalue weighted by Crippen LogP contribution is -2.46. The Kier molecular flexibility index (Phi) is 5.61. The molecule has 0 atom stereocenters. The summed E-state index contributed by atoms with van der Waals surface area (Å²) in [5, 5.41) is 5.49. The van der Waals surface area contributed by atoms with Crippen LogP contribution in [0.1, 0.15) is 41.0 Å². The summed E-state index contributed by atoms with van der Waals surface area (Å²) < 4.78 is 5.02. The third-order valence-corrected chi connectivity index (χ3v) is 2.21. The molecular formula is C12H24N2O3. The minimum Gasteiger partial charge on any atom is -0.369 e. The van der Waals surface area contributed by atoms with Gasteiger partial charge in [-0.25, -0.2) is 0 Å². The molecule has 0 bridgehead atoms. The number of carbonyl (C=O) groups excluding carboxylic acids is 2. The third-order valence-electron chi connectivity index (χ3n) is 2.21. The molecule has 0 aromatic carbocycles. The number of ether oxygens (including phenoxy) is 1. The summed E-state index contributed by atoms with van der Waals surface area (Å²) in [5.41, 5.74) is -1.10. The van der Waals surface area contributed by atoms with Gasteiger partial charge in [-0.1, -0.05) is 0 Å². The molecule has 0 aromatic rings. The Bertz CT molecular complexity index is 280. The van der Waals surface area contributed by atoms with E-state index in [0.717, 1.165) is 0 Å². The van der Waals surface area contributed by atoms with Crippen molar-refractivity contribution in [2.45, 2.75) is 52.2 Å². The normalized spacial score (nSPS) is 12.1. The van der Waals surface area contributed by atoms with Crippen LogP contribution in [0.25, 0.3) is 0 Å². The molecule has 0 saturated heterocycles. The highest BCUT2D eigenvalue weighted by Gasteiger charge is 2.26. The summed E-state index contributed by atoms with van der Waals surface area (Å²) in [5.74, 6) is -0.295. The second-order valence-corrected chi connectivity index (χ2v) is 5.52. The molecule has 0 aliphatic carbocycles. The molecule has 0 aromatic heterocycles. The number of nitrogens with one attached hydrogen (secondary N) is 2. The third kappa shape index (κ3) is 6.94. The lowest BCUT2D eigenvalue weighted by molar-refractivity contribution is -0.139. The van der Waals surface area contributed by atoms with Crippen molar-refractivity contribution in [1.29, 1.82) is 0 Å². The SMILES string of the molecule is COC(C)(C)C(=O)NCCC(=O)NC(C)(C)C. The first-order chi connectivity index (χ1) is 7.58. The standard InChI is InChI=1S/C12H24N2O3/c1-11(2,3)14-9(15)7-8-13-10(16)12(4,5)17-6/h7-8H2,1-6H3,(H,13,16)(H,14,15). The van der Waals surface area contributed by atoms with Crippen LogP contribution < -0.4 is 10.6 Å². The van der Waals surface area contributed by atoms with Gasteiger partial charge < -0.3 is 15.4 Å². The number of hydrogen-bond donors (Lipinski definition) is 2. The zero-order chi connectivity index (χ0) is 13.7. The van der Waals surface area contributed by atoms with E-state index in [1.807, 2.05) is 20.8 Å². The molecule has 0 unspecified atom stereocenters. The van der Waals surface area contributed by atoms with Gasteiger partial charge in [-0.15, -0.1) is 0 Å². The van der Waals surface area contributed by atoms with Gasteiger partial charge in [0.05, 0.1) is 0 Å². The van der Waals surface area contributed by atoms with E-state index in [0.29, 0.717) is 6.54 Å². The molecule has 2 N–H and O–H groups in total. The molecule has 0 spiro atoms. The van der Waals surface area contributed by atoms with Crippen molar-refractivity contribution in [3.63, 3.8) is 0 Å². The average molecular weight is 244 g/mol. The van der Waals surface area contributed by atoms with Crippen LogP contribution in [0.2, 0.25) is 0 Å². The number of rotatable bonds is 5. The van der Waals surface area contributed by atoms with Crippen molar-refractivity contribution >= 4 is 11.8 Å². The molecular weight excluding hydrogens is 220 g/mol. The maximum atomic E-state index is 11.6. The Hall–Kier alpha value is -1.10. The van der Waals surface area contributed by atoms with E-state index in [1.165, 1.54) is 7.11 Å². The first kappa shape index (κ1) is 15.9. The topological polar surface area (TPSA) is 67.4 Å². The van der Waals surface area contributed by atoms with E-state index in [2.05, 4.69) is 10.6 Å². The van der Waals surface area contributed by atoms with Crippen molar-refractivity contribution in [2.24, 2.45) is 0 Å². The van der Waals surface area contributed by atoms with Crippen LogP contribution in [0, 0.1) is 0 Å². The Morgan fingerprint density at radius 3 is 2.06 bits per heavy atom. The van der Waals surface area contributed by atoms with Crippen LogP contribution in [0.5, 0.6) is 0 Å². The van der Waals surface area contributed by atoms with Crippen molar-refractivity contribution in [3.8, 4) is 0 Å². The van der Waals surface area contributed by atoms with Crippen LogP contribution >= 0.6 is 0 Å². The Morgan fingerprint density at radius 1 is 1.12 bits per heavy atom. The molecule has 0 rings (SSSR count). The Labute approximate surface area is 103 Å². The average Bonchev–Trinajstić information content (AvgIpc) is 2.14. The predicted octanol–water partition coefficient (Wildman–Crippen LogP) is 0.832. The van der Waals surface area contributed by atoms with Crippen LogP contribution in [0.4, 0.5) is 0 Å². The van der Waals surface area contributed by atoms with Gasteiger partial charge in [-0.05, 0) is 34.6 Å². The van der Waals surface area contributed by atoms with Crippen LogP contribution in [0.15, 0.2) is 0 Å². The molecule has 0 heterocycles. The first-order valence-electron chi connectivity index (χ1n) is 5.73. The maximum absolute atomic E-state index is 11.6. The van der Waals surface area contributed by atoms with E-state index in [-0.39, 0.29) is 23.8 Å². The summed E-state index contributed by atoms with van der Waals surface area (Å²) in [6.07, 6.45) is 0.267. The van der Waals surface area contributed by atoms with E-state index >= 15 is 0 Å². The van der Waals surface area contributed by atoms with Gasteiger partial charge in [0.1, 0.15) is 5.60 Å². The fourth-order valence-electron chi connectivity index (χ4n) is 1.08. The predicted molar refractivity (Wildman–Crippen MR) is 66.6 cm³/mol. The fourth-order valence-corrected chi connectivity index (χ4v) is 1.08. The number of carbonyl (C=O) groups is 2. The number of amides is 2. The minimum absolute atomic E-state index is 0.0759. The van der Waals surface area contributed by atoms with Gasteiger partial charge in [-0.2, -0.15) is 0 Å². The van der Waals surface area contributed by atoms with Crippen molar-refractivity contribution in [2.75, 3.05) is 13.7 Å². The van der Waals surface area contributed by atoms with Gasteiger partial charge in [-0.3, -0.25) is 9.59 Å². The molecule has 0 aliphatic rings. The van der Waals surface area contributed by atoms with E-state index < -0.39 is 5.60 Å². The van der Waals surface area contributed by atoms with Crippen molar-refractivity contribution in [3.05, 3.63) is 0 Å². The fraction of sp³-hybridized carbons (Fsp3) is 0.833. The molecule has 5 nitrogen and oxygen atoms in total. The van der Waals surface area contributed by atoms with Crippen molar-refractivity contribution in [1.82, 2.24) is 10.6 Å². The summed E-state index contributed by atoms with van der Waals surface area (Å²) >= 11 is 0. The van der Waals surface area contributed by atoms with Gasteiger partial charge >= 0.3 is 0 Å². The molecule has 0 saturated carbocycles. The molecule has 5 heteroatoms. The van der Waals surface area contributed by atoms with E-state index in [9.17, 15) is 9.59 Å². The minimum atomic E-state index is -0.861. The number of methoxy groups -OCH3 is 1. The first-order valence-corrected chi connectivity index (χ1v) is 5.73. The quantitative estimate of drug-likeness (QED) is 0.753. The summed E-state index contributed by atoms with van der Waals surface area (Å²) in [7, 11) is 1.48. The van der Waals surface area contributed by atoms with Crippen molar-refractivity contribution < 1.29 is 14.3 Å². The summed E-state index contributed by atoms with van der Waals surface area (Å²) in [4.78, 5) is 23.1. The van der Waals surface area contributed by atoms with Crippen LogP contribution in [0.3, 0.4) is 0 Å². The molecule has 0 fully saturated rings. The lowest BCUT2D eigenvalue weighted by Gasteiger charge is -2.23. The summed E-state index contributed by atoms with van der Waals surface area (Å²) in [6, 6.07) is 0.